The Hall–Kier alpha value is -1.09. The molecule has 1 fully saturated rings. The number of ether oxygens (including phenoxy) is 1. The summed E-state index contributed by atoms with van der Waals surface area (Å²) in [6.45, 7) is 5.19. The van der Waals surface area contributed by atoms with Gasteiger partial charge in [0.05, 0.1) is 12.6 Å². The van der Waals surface area contributed by atoms with Gasteiger partial charge in [0.15, 0.2) is 5.96 Å². The zero-order valence-corrected chi connectivity index (χ0v) is 16.5. The van der Waals surface area contributed by atoms with Crippen molar-refractivity contribution in [3.05, 3.63) is 23.9 Å². The van der Waals surface area contributed by atoms with Crippen molar-refractivity contribution in [2.24, 2.45) is 4.99 Å². The maximum atomic E-state index is 5.63. The molecule has 0 bridgehead atoms. The molecule has 1 atom stereocenters. The van der Waals surface area contributed by atoms with Gasteiger partial charge < -0.3 is 20.3 Å². The monoisotopic (exact) mass is 433 g/mol. The lowest BCUT2D eigenvalue weighted by Crippen LogP contribution is -2.41. The van der Waals surface area contributed by atoms with Crippen LogP contribution < -0.4 is 15.5 Å². The Bertz CT molecular complexity index is 489. The molecule has 2 rings (SSSR count). The molecule has 1 aromatic rings. The van der Waals surface area contributed by atoms with Gasteiger partial charge in [0, 0.05) is 45.6 Å². The van der Waals surface area contributed by atoms with Crippen molar-refractivity contribution in [1.82, 2.24) is 15.6 Å². The van der Waals surface area contributed by atoms with Crippen LogP contribution in [0.15, 0.2) is 23.3 Å². The summed E-state index contributed by atoms with van der Waals surface area (Å²) in [5.74, 6) is 1.78. The van der Waals surface area contributed by atoms with E-state index in [0.29, 0.717) is 12.6 Å². The van der Waals surface area contributed by atoms with Crippen molar-refractivity contribution in [3.8, 4) is 0 Å². The molecule has 1 unspecified atom stereocenters. The number of nitrogens with zero attached hydrogens (tertiary/aromatic N) is 3. The van der Waals surface area contributed by atoms with Gasteiger partial charge >= 0.3 is 0 Å². The molecule has 0 amide bonds. The first-order valence-electron chi connectivity index (χ1n) is 7.95. The van der Waals surface area contributed by atoms with Crippen molar-refractivity contribution >= 4 is 35.8 Å². The highest BCUT2D eigenvalue weighted by Gasteiger charge is 2.15. The van der Waals surface area contributed by atoms with Crippen molar-refractivity contribution in [2.45, 2.75) is 32.4 Å². The van der Waals surface area contributed by atoms with E-state index in [1.165, 1.54) is 0 Å². The average molecular weight is 433 g/mol. The topological polar surface area (TPSA) is 61.8 Å². The predicted molar refractivity (Wildman–Crippen MR) is 106 cm³/mol. The lowest BCUT2D eigenvalue weighted by atomic mass is 10.2. The fraction of sp³-hybridized carbons (Fsp3) is 0.625. The van der Waals surface area contributed by atoms with E-state index >= 15 is 0 Å². The second-order valence-electron chi connectivity index (χ2n) is 5.59. The molecule has 1 aliphatic heterocycles. The van der Waals surface area contributed by atoms with Crippen molar-refractivity contribution in [2.75, 3.05) is 38.7 Å². The first-order chi connectivity index (χ1) is 10.7. The fourth-order valence-corrected chi connectivity index (χ4v) is 2.48. The average Bonchev–Trinajstić information content (AvgIpc) is 3.03. The summed E-state index contributed by atoms with van der Waals surface area (Å²) in [7, 11) is 3.99. The molecule has 1 aromatic heterocycles. The van der Waals surface area contributed by atoms with E-state index in [1.807, 2.05) is 31.3 Å². The molecule has 7 heteroatoms. The Morgan fingerprint density at radius 3 is 2.91 bits per heavy atom. The van der Waals surface area contributed by atoms with Gasteiger partial charge in [-0.2, -0.15) is 0 Å². The maximum absolute atomic E-state index is 5.63. The molecule has 0 aromatic carbocycles. The summed E-state index contributed by atoms with van der Waals surface area (Å²) in [6, 6.07) is 4.01. The van der Waals surface area contributed by atoms with E-state index in [0.717, 1.165) is 49.9 Å². The molecule has 1 saturated heterocycles. The number of aliphatic imine (C=N–C) groups is 1. The van der Waals surface area contributed by atoms with Gasteiger partial charge in [-0.25, -0.2) is 9.98 Å². The number of hydrogen-bond acceptors (Lipinski definition) is 4. The first kappa shape index (κ1) is 20.0. The van der Waals surface area contributed by atoms with E-state index < -0.39 is 0 Å². The first-order valence-corrected chi connectivity index (χ1v) is 7.95. The molecule has 2 N–H and O–H groups in total. The number of guanidine groups is 1. The summed E-state index contributed by atoms with van der Waals surface area (Å²) in [5.41, 5.74) is 1.11. The van der Waals surface area contributed by atoms with Crippen LogP contribution in [-0.4, -0.2) is 50.8 Å². The number of aromatic nitrogens is 1. The highest BCUT2D eigenvalue weighted by molar-refractivity contribution is 14.0. The van der Waals surface area contributed by atoms with E-state index in [1.54, 1.807) is 0 Å². The highest BCUT2D eigenvalue weighted by atomic mass is 127. The van der Waals surface area contributed by atoms with Gasteiger partial charge in [-0.3, -0.25) is 0 Å². The maximum Gasteiger partial charge on any atom is 0.191 e. The third kappa shape index (κ3) is 6.50. The van der Waals surface area contributed by atoms with E-state index in [4.69, 9.17) is 4.74 Å². The van der Waals surface area contributed by atoms with Gasteiger partial charge in [-0.1, -0.05) is 6.07 Å². The van der Waals surface area contributed by atoms with Gasteiger partial charge in [0.1, 0.15) is 5.82 Å². The molecule has 1 aliphatic rings. The SMILES string of the molecule is CCNC(=NCc1cccnc1N(C)C)NCC1CCCO1.I. The zero-order chi connectivity index (χ0) is 15.8. The van der Waals surface area contributed by atoms with Crippen LogP contribution in [0.3, 0.4) is 0 Å². The molecule has 23 heavy (non-hydrogen) atoms. The van der Waals surface area contributed by atoms with E-state index in [-0.39, 0.29) is 24.0 Å². The summed E-state index contributed by atoms with van der Waals surface area (Å²) in [6.07, 6.45) is 4.39. The third-order valence-corrected chi connectivity index (χ3v) is 3.56. The lowest BCUT2D eigenvalue weighted by molar-refractivity contribution is 0.114. The molecular formula is C16H28IN5O. The van der Waals surface area contributed by atoms with E-state index in [2.05, 4.69) is 33.6 Å². The number of nitrogens with one attached hydrogen (secondary N) is 2. The fourth-order valence-electron chi connectivity index (χ4n) is 2.48. The number of halogens is 1. The van der Waals surface area contributed by atoms with Crippen LogP contribution >= 0.6 is 24.0 Å². The van der Waals surface area contributed by atoms with Crippen LogP contribution in [0.4, 0.5) is 5.82 Å². The Morgan fingerprint density at radius 2 is 2.26 bits per heavy atom. The molecular weight excluding hydrogens is 405 g/mol. The number of hydrogen-bond donors (Lipinski definition) is 2. The third-order valence-electron chi connectivity index (χ3n) is 3.56. The molecule has 2 heterocycles. The van der Waals surface area contributed by atoms with Crippen LogP contribution in [0.25, 0.3) is 0 Å². The summed E-state index contributed by atoms with van der Waals surface area (Å²) >= 11 is 0. The minimum Gasteiger partial charge on any atom is -0.376 e. The van der Waals surface area contributed by atoms with Crippen LogP contribution in [0, 0.1) is 0 Å². The van der Waals surface area contributed by atoms with Gasteiger partial charge in [0.2, 0.25) is 0 Å². The molecule has 0 spiro atoms. The predicted octanol–water partition coefficient (Wildman–Crippen LogP) is 2.00. The molecule has 0 aliphatic carbocycles. The van der Waals surface area contributed by atoms with E-state index in [9.17, 15) is 0 Å². The van der Waals surface area contributed by atoms with Gasteiger partial charge in [-0.15, -0.1) is 24.0 Å². The highest BCUT2D eigenvalue weighted by Crippen LogP contribution is 2.15. The largest absolute Gasteiger partial charge is 0.376 e. The molecule has 130 valence electrons. The smallest absolute Gasteiger partial charge is 0.191 e. The second kappa shape index (κ2) is 10.6. The van der Waals surface area contributed by atoms with Crippen molar-refractivity contribution < 1.29 is 4.74 Å². The number of rotatable bonds is 6. The van der Waals surface area contributed by atoms with Crippen LogP contribution in [-0.2, 0) is 11.3 Å². The Kier molecular flexibility index (Phi) is 9.23. The Balaban J connectivity index is 0.00000264. The molecule has 0 saturated carbocycles. The summed E-state index contributed by atoms with van der Waals surface area (Å²) in [5, 5.41) is 6.64. The summed E-state index contributed by atoms with van der Waals surface area (Å²) in [4.78, 5) is 11.1. The Morgan fingerprint density at radius 1 is 1.43 bits per heavy atom. The van der Waals surface area contributed by atoms with Crippen LogP contribution in [0.5, 0.6) is 0 Å². The quantitative estimate of drug-likeness (QED) is 0.408. The Labute approximate surface area is 156 Å². The van der Waals surface area contributed by atoms with Gasteiger partial charge in [-0.05, 0) is 25.8 Å². The summed E-state index contributed by atoms with van der Waals surface area (Å²) < 4.78 is 5.63. The van der Waals surface area contributed by atoms with Crippen molar-refractivity contribution in [3.63, 3.8) is 0 Å². The standard InChI is InChI=1S/C16H27N5O.HI/c1-4-17-16(20-12-14-8-6-10-22-14)19-11-13-7-5-9-18-15(13)21(2)3;/h5,7,9,14H,4,6,8,10-12H2,1-3H3,(H2,17,19,20);1H. The lowest BCUT2D eigenvalue weighted by Gasteiger charge is -2.16. The molecule has 6 nitrogen and oxygen atoms in total. The van der Waals surface area contributed by atoms with Crippen LogP contribution in [0.2, 0.25) is 0 Å². The second-order valence-corrected chi connectivity index (χ2v) is 5.59. The normalized spacial score (nSPS) is 17.5. The number of anilines is 1. The zero-order valence-electron chi connectivity index (χ0n) is 14.2. The van der Waals surface area contributed by atoms with Crippen molar-refractivity contribution in [1.29, 1.82) is 0 Å². The van der Waals surface area contributed by atoms with Crippen LogP contribution in [0.1, 0.15) is 25.3 Å². The minimum absolute atomic E-state index is 0. The minimum atomic E-state index is 0. The molecule has 0 radical (unpaired) electrons. The number of pyridine rings is 1. The van der Waals surface area contributed by atoms with Gasteiger partial charge in [0.25, 0.3) is 0 Å².